The van der Waals surface area contributed by atoms with Crippen LogP contribution < -0.4 is 10.2 Å². The summed E-state index contributed by atoms with van der Waals surface area (Å²) in [6, 6.07) is 3.89. The summed E-state index contributed by atoms with van der Waals surface area (Å²) >= 11 is 0. The van der Waals surface area contributed by atoms with Crippen LogP contribution in [-0.4, -0.2) is 68.8 Å². The number of benzene rings is 1. The van der Waals surface area contributed by atoms with E-state index in [4.69, 9.17) is 9.73 Å². The highest BCUT2D eigenvalue weighted by Crippen LogP contribution is 2.37. The fourth-order valence-electron chi connectivity index (χ4n) is 7.32. The molecule has 242 valence electrons. The number of unbranched alkanes of at least 4 members (excludes halogenated alkanes) is 1. The lowest BCUT2D eigenvalue weighted by Crippen LogP contribution is -2.50. The maximum absolute atomic E-state index is 13.4. The molecule has 4 aliphatic rings. The number of sulfonamides is 1. The Bertz CT molecular complexity index is 1390. The van der Waals surface area contributed by atoms with Gasteiger partial charge >= 0.3 is 0 Å². The summed E-state index contributed by atoms with van der Waals surface area (Å²) in [5.74, 6) is 1.81. The molecule has 5 rings (SSSR count). The molecular formula is C34H50N4O5S. The normalized spacial score (nSPS) is 25.1. The van der Waals surface area contributed by atoms with Crippen LogP contribution in [0, 0.1) is 31.1 Å². The van der Waals surface area contributed by atoms with E-state index in [-0.39, 0.29) is 30.3 Å². The molecule has 3 aliphatic heterocycles. The van der Waals surface area contributed by atoms with Crippen molar-refractivity contribution >= 4 is 39.4 Å². The predicted molar refractivity (Wildman–Crippen MR) is 175 cm³/mol. The van der Waals surface area contributed by atoms with Crippen molar-refractivity contribution in [1.29, 1.82) is 0 Å². The smallest absolute Gasteiger partial charge is 0.253 e. The first-order chi connectivity index (χ1) is 20.8. The van der Waals surface area contributed by atoms with Crippen LogP contribution >= 0.6 is 0 Å². The Hall–Kier alpha value is -2.56. The highest BCUT2D eigenvalue weighted by atomic mass is 32.2. The summed E-state index contributed by atoms with van der Waals surface area (Å²) in [6.45, 7) is 12.1. The van der Waals surface area contributed by atoms with Crippen LogP contribution in [0.4, 0.5) is 5.69 Å². The van der Waals surface area contributed by atoms with Crippen molar-refractivity contribution in [2.45, 2.75) is 97.9 Å². The van der Waals surface area contributed by atoms with E-state index >= 15 is 0 Å². The van der Waals surface area contributed by atoms with E-state index in [1.54, 1.807) is 17.9 Å². The van der Waals surface area contributed by atoms with E-state index in [0.717, 1.165) is 47.0 Å². The van der Waals surface area contributed by atoms with E-state index < -0.39 is 15.6 Å². The number of aliphatic imine (C=N–C) groups is 1. The molecule has 2 amide bonds. The minimum absolute atomic E-state index is 0.0344. The number of ether oxygens (including phenoxy) is 1. The molecule has 0 radical (unpaired) electrons. The average Bonchev–Trinajstić information content (AvgIpc) is 3.28. The highest BCUT2D eigenvalue weighted by molar-refractivity contribution is 7.92. The Morgan fingerprint density at radius 2 is 1.77 bits per heavy atom. The minimum Gasteiger partial charge on any atom is -0.380 e. The van der Waals surface area contributed by atoms with E-state index in [1.165, 1.54) is 41.8 Å². The maximum atomic E-state index is 13.4. The molecule has 0 atom stereocenters. The topological polar surface area (TPSA) is 108 Å². The molecule has 0 aromatic heterocycles. The van der Waals surface area contributed by atoms with Crippen molar-refractivity contribution in [2.75, 3.05) is 37.7 Å². The Labute approximate surface area is 263 Å². The van der Waals surface area contributed by atoms with Crippen LogP contribution in [0.25, 0.3) is 6.08 Å². The van der Waals surface area contributed by atoms with Gasteiger partial charge in [-0.25, -0.2) is 8.42 Å². The Kier molecular flexibility index (Phi) is 9.73. The molecule has 44 heavy (non-hydrogen) atoms. The van der Waals surface area contributed by atoms with E-state index in [0.29, 0.717) is 38.5 Å². The number of carbonyl (C=O) groups excluding carboxylic acids is 2. The molecule has 3 fully saturated rings. The van der Waals surface area contributed by atoms with Gasteiger partial charge in [0.25, 0.3) is 5.91 Å². The zero-order valence-electron chi connectivity index (χ0n) is 27.2. The number of nitrogens with one attached hydrogen (secondary N) is 1. The predicted octanol–water partition coefficient (Wildman–Crippen LogP) is 5.35. The summed E-state index contributed by atoms with van der Waals surface area (Å²) in [5.41, 5.74) is 2.51. The third kappa shape index (κ3) is 6.97. The van der Waals surface area contributed by atoms with Crippen molar-refractivity contribution in [2.24, 2.45) is 22.2 Å². The van der Waals surface area contributed by atoms with Gasteiger partial charge in [-0.3, -0.25) is 14.6 Å². The SMILES string of the molecule is CCCCC1CCC(C2=NC3(CCN(S(=O)(=O)/C=C/c4c(C)cc(N(CC5(C)COC5)C(C)=O)cc4C)CC3)C(=O)N2)CC1. The van der Waals surface area contributed by atoms with Crippen molar-refractivity contribution in [3.63, 3.8) is 0 Å². The van der Waals surface area contributed by atoms with Gasteiger partial charge in [0, 0.05) is 49.0 Å². The van der Waals surface area contributed by atoms with Crippen LogP contribution in [0.2, 0.25) is 0 Å². The summed E-state index contributed by atoms with van der Waals surface area (Å²) < 4.78 is 33.6. The third-order valence-corrected chi connectivity index (χ3v) is 11.8. The first kappa shape index (κ1) is 32.8. The molecule has 1 aliphatic carbocycles. The van der Waals surface area contributed by atoms with Gasteiger partial charge in [-0.2, -0.15) is 4.31 Å². The monoisotopic (exact) mass is 626 g/mol. The second-order valence-corrected chi connectivity index (χ2v) is 15.8. The zero-order valence-corrected chi connectivity index (χ0v) is 28.0. The van der Waals surface area contributed by atoms with Crippen LogP contribution in [0.1, 0.15) is 95.2 Å². The molecule has 1 spiro atoms. The summed E-state index contributed by atoms with van der Waals surface area (Å²) in [5, 5.41) is 4.37. The molecule has 0 bridgehead atoms. The van der Waals surface area contributed by atoms with Gasteiger partial charge in [0.2, 0.25) is 15.9 Å². The second kappa shape index (κ2) is 13.0. The highest BCUT2D eigenvalue weighted by Gasteiger charge is 2.48. The van der Waals surface area contributed by atoms with Crippen molar-refractivity contribution in [3.05, 3.63) is 34.2 Å². The van der Waals surface area contributed by atoms with E-state index in [1.807, 2.05) is 26.0 Å². The summed E-state index contributed by atoms with van der Waals surface area (Å²) in [4.78, 5) is 32.4. The van der Waals surface area contributed by atoms with Gasteiger partial charge in [0.05, 0.1) is 13.2 Å². The third-order valence-electron chi connectivity index (χ3n) is 10.2. The number of carbonyl (C=O) groups is 2. The van der Waals surface area contributed by atoms with Gasteiger partial charge in [-0.05, 0) is 93.2 Å². The molecule has 0 unspecified atom stereocenters. The molecule has 1 aromatic rings. The Morgan fingerprint density at radius 1 is 1.14 bits per heavy atom. The maximum Gasteiger partial charge on any atom is 0.253 e. The lowest BCUT2D eigenvalue weighted by atomic mass is 9.79. The fourth-order valence-corrected chi connectivity index (χ4v) is 8.49. The fraction of sp³-hybridized carbons (Fsp3) is 0.676. The molecular weight excluding hydrogens is 576 g/mol. The number of hydrogen-bond donors (Lipinski definition) is 1. The molecule has 1 aromatic carbocycles. The molecule has 2 saturated heterocycles. The number of rotatable bonds is 10. The minimum atomic E-state index is -3.69. The number of amidine groups is 1. The van der Waals surface area contributed by atoms with Gasteiger partial charge in [-0.1, -0.05) is 33.1 Å². The van der Waals surface area contributed by atoms with Crippen LogP contribution in [0.5, 0.6) is 0 Å². The van der Waals surface area contributed by atoms with Gasteiger partial charge in [0.15, 0.2) is 0 Å². The first-order valence-corrected chi connectivity index (χ1v) is 17.9. The standard InChI is InChI=1S/C34H50N4O5S/c1-6-7-8-27-9-11-28(12-10-27)31-35-32(40)34(36-31)14-16-37(17-15-34)44(41,42)18-13-30-24(2)19-29(20-25(30)3)38(26(4)39)21-33(5)22-43-23-33/h13,18-20,27-28H,6-12,14-17,21-23H2,1-5H3,(H,35,36,40)/b18-13+. The Balaban J connectivity index is 1.22. The van der Waals surface area contributed by atoms with Gasteiger partial charge in [-0.15, -0.1) is 0 Å². The number of nitrogens with zero attached hydrogens (tertiary/aromatic N) is 3. The Morgan fingerprint density at radius 3 is 2.32 bits per heavy atom. The summed E-state index contributed by atoms with van der Waals surface area (Å²) in [7, 11) is -3.69. The van der Waals surface area contributed by atoms with E-state index in [9.17, 15) is 18.0 Å². The van der Waals surface area contributed by atoms with Crippen LogP contribution in [0.3, 0.4) is 0 Å². The molecule has 9 nitrogen and oxygen atoms in total. The van der Waals surface area contributed by atoms with Crippen LogP contribution in [-0.2, 0) is 24.3 Å². The number of amides is 2. The van der Waals surface area contributed by atoms with Crippen LogP contribution in [0.15, 0.2) is 22.5 Å². The van der Waals surface area contributed by atoms with E-state index in [2.05, 4.69) is 19.2 Å². The number of anilines is 1. The lowest BCUT2D eigenvalue weighted by molar-refractivity contribution is -0.125. The lowest BCUT2D eigenvalue weighted by Gasteiger charge is -2.41. The largest absolute Gasteiger partial charge is 0.380 e. The molecule has 3 heterocycles. The number of piperidine rings is 1. The molecule has 1 saturated carbocycles. The van der Waals surface area contributed by atoms with Crippen molar-refractivity contribution < 1.29 is 22.7 Å². The van der Waals surface area contributed by atoms with Crippen molar-refractivity contribution in [1.82, 2.24) is 9.62 Å². The summed E-state index contributed by atoms with van der Waals surface area (Å²) in [6.07, 6.45) is 10.8. The van der Waals surface area contributed by atoms with Gasteiger partial charge < -0.3 is 15.0 Å². The average molecular weight is 627 g/mol. The first-order valence-electron chi connectivity index (χ1n) is 16.4. The quantitative estimate of drug-likeness (QED) is 0.377. The molecule has 10 heteroatoms. The van der Waals surface area contributed by atoms with Crippen molar-refractivity contribution in [3.8, 4) is 0 Å². The zero-order chi connectivity index (χ0) is 31.7. The second-order valence-electron chi connectivity index (χ2n) is 14.0. The number of aryl methyl sites for hydroxylation is 2. The molecule has 1 N–H and O–H groups in total. The number of hydrogen-bond acceptors (Lipinski definition) is 6. The van der Waals surface area contributed by atoms with Gasteiger partial charge in [0.1, 0.15) is 11.4 Å².